The van der Waals surface area contributed by atoms with E-state index < -0.39 is 6.10 Å². The standard InChI is InChI=1S/C10H16N2O2/c1-12(7-10(13)8-14-11)9-5-3-2-4-6-9/h2-6,10,13H,7-8,11H2,1H3. The molecule has 0 amide bonds. The number of likely N-dealkylation sites (N-methyl/N-ethyl adjacent to an activating group) is 1. The predicted molar refractivity (Wildman–Crippen MR) is 55.9 cm³/mol. The van der Waals surface area contributed by atoms with E-state index in [0.29, 0.717) is 6.54 Å². The van der Waals surface area contributed by atoms with E-state index in [-0.39, 0.29) is 6.61 Å². The second kappa shape index (κ2) is 5.59. The van der Waals surface area contributed by atoms with Gasteiger partial charge < -0.3 is 14.8 Å². The molecule has 1 rings (SSSR count). The van der Waals surface area contributed by atoms with Gasteiger partial charge in [-0.1, -0.05) is 18.2 Å². The van der Waals surface area contributed by atoms with Crippen LogP contribution in [0.2, 0.25) is 0 Å². The predicted octanol–water partition coefficient (Wildman–Crippen LogP) is 0.374. The minimum atomic E-state index is -0.565. The SMILES string of the molecule is CN(CC(O)CON)c1ccccc1. The topological polar surface area (TPSA) is 58.7 Å². The lowest BCUT2D eigenvalue weighted by Crippen LogP contribution is -2.32. The van der Waals surface area contributed by atoms with Crippen molar-refractivity contribution in [3.63, 3.8) is 0 Å². The summed E-state index contributed by atoms with van der Waals surface area (Å²) in [4.78, 5) is 6.31. The average molecular weight is 196 g/mol. The Bertz CT molecular complexity index is 254. The summed E-state index contributed by atoms with van der Waals surface area (Å²) in [5, 5.41) is 9.43. The number of benzene rings is 1. The molecule has 1 atom stereocenters. The first-order chi connectivity index (χ1) is 6.74. The van der Waals surface area contributed by atoms with Crippen LogP contribution in [0.3, 0.4) is 0 Å². The number of hydrogen-bond acceptors (Lipinski definition) is 4. The third-order valence-electron chi connectivity index (χ3n) is 1.97. The smallest absolute Gasteiger partial charge is 0.0967 e. The number of para-hydroxylation sites is 1. The third-order valence-corrected chi connectivity index (χ3v) is 1.97. The molecule has 14 heavy (non-hydrogen) atoms. The third kappa shape index (κ3) is 3.33. The van der Waals surface area contributed by atoms with Crippen molar-refractivity contribution < 1.29 is 9.94 Å². The minimum Gasteiger partial charge on any atom is -0.389 e. The van der Waals surface area contributed by atoms with Gasteiger partial charge in [-0.2, -0.15) is 0 Å². The molecule has 1 unspecified atom stereocenters. The van der Waals surface area contributed by atoms with Crippen LogP contribution in [0.1, 0.15) is 0 Å². The van der Waals surface area contributed by atoms with Gasteiger partial charge in [-0.05, 0) is 12.1 Å². The van der Waals surface area contributed by atoms with Gasteiger partial charge in [0.1, 0.15) is 0 Å². The Morgan fingerprint density at radius 3 is 2.64 bits per heavy atom. The lowest BCUT2D eigenvalue weighted by atomic mass is 10.2. The largest absolute Gasteiger partial charge is 0.389 e. The van der Waals surface area contributed by atoms with E-state index in [0.717, 1.165) is 5.69 Å². The van der Waals surface area contributed by atoms with Crippen LogP contribution in [0, 0.1) is 0 Å². The zero-order valence-electron chi connectivity index (χ0n) is 8.26. The van der Waals surface area contributed by atoms with Crippen LogP contribution in [-0.2, 0) is 4.84 Å². The van der Waals surface area contributed by atoms with Crippen molar-refractivity contribution >= 4 is 5.69 Å². The van der Waals surface area contributed by atoms with E-state index in [1.807, 2.05) is 42.3 Å². The van der Waals surface area contributed by atoms with E-state index in [1.54, 1.807) is 0 Å². The molecule has 0 bridgehead atoms. The first-order valence-electron chi connectivity index (χ1n) is 4.50. The summed E-state index contributed by atoms with van der Waals surface area (Å²) < 4.78 is 0. The fourth-order valence-corrected chi connectivity index (χ4v) is 1.27. The van der Waals surface area contributed by atoms with Gasteiger partial charge in [0.2, 0.25) is 0 Å². The highest BCUT2D eigenvalue weighted by Crippen LogP contribution is 2.10. The van der Waals surface area contributed by atoms with Gasteiger partial charge in [-0.15, -0.1) is 0 Å². The summed E-state index contributed by atoms with van der Waals surface area (Å²) in [5.41, 5.74) is 1.06. The van der Waals surface area contributed by atoms with E-state index in [9.17, 15) is 5.11 Å². The molecule has 0 aliphatic carbocycles. The van der Waals surface area contributed by atoms with Gasteiger partial charge in [0.05, 0.1) is 12.7 Å². The van der Waals surface area contributed by atoms with Crippen LogP contribution in [0.15, 0.2) is 30.3 Å². The van der Waals surface area contributed by atoms with Crippen LogP contribution in [0.4, 0.5) is 5.69 Å². The number of aliphatic hydroxyl groups excluding tert-OH is 1. The Hall–Kier alpha value is -1.10. The molecule has 0 fully saturated rings. The number of aliphatic hydroxyl groups is 1. The van der Waals surface area contributed by atoms with Crippen LogP contribution in [-0.4, -0.2) is 31.4 Å². The highest BCUT2D eigenvalue weighted by Gasteiger charge is 2.07. The highest BCUT2D eigenvalue weighted by molar-refractivity contribution is 5.45. The van der Waals surface area contributed by atoms with Gasteiger partial charge in [0.25, 0.3) is 0 Å². The fraction of sp³-hybridized carbons (Fsp3) is 0.400. The molecule has 0 saturated carbocycles. The molecule has 0 radical (unpaired) electrons. The Morgan fingerprint density at radius 2 is 2.07 bits per heavy atom. The average Bonchev–Trinajstić information content (AvgIpc) is 2.19. The Morgan fingerprint density at radius 1 is 1.43 bits per heavy atom. The van der Waals surface area contributed by atoms with Gasteiger partial charge in [0.15, 0.2) is 0 Å². The van der Waals surface area contributed by atoms with Crippen molar-refractivity contribution in [3.05, 3.63) is 30.3 Å². The maximum absolute atomic E-state index is 9.43. The second-order valence-corrected chi connectivity index (χ2v) is 3.20. The summed E-state index contributed by atoms with van der Waals surface area (Å²) in [7, 11) is 1.91. The molecule has 4 heteroatoms. The normalized spacial score (nSPS) is 12.5. The van der Waals surface area contributed by atoms with E-state index in [2.05, 4.69) is 4.84 Å². The fourth-order valence-electron chi connectivity index (χ4n) is 1.27. The molecule has 0 saturated heterocycles. The second-order valence-electron chi connectivity index (χ2n) is 3.20. The van der Waals surface area contributed by atoms with E-state index in [1.165, 1.54) is 0 Å². The summed E-state index contributed by atoms with van der Waals surface area (Å²) in [6.07, 6.45) is -0.565. The van der Waals surface area contributed by atoms with Crippen molar-refractivity contribution in [2.45, 2.75) is 6.10 Å². The number of anilines is 1. The molecule has 0 aliphatic heterocycles. The highest BCUT2D eigenvalue weighted by atomic mass is 16.6. The number of nitrogens with zero attached hydrogens (tertiary/aromatic N) is 1. The van der Waals surface area contributed by atoms with Crippen molar-refractivity contribution in [1.82, 2.24) is 0 Å². The molecule has 0 aromatic heterocycles. The molecule has 1 aromatic rings. The monoisotopic (exact) mass is 196 g/mol. The molecule has 3 N–H and O–H groups in total. The minimum absolute atomic E-state index is 0.150. The van der Waals surface area contributed by atoms with Gasteiger partial charge in [-0.25, -0.2) is 5.90 Å². The quantitative estimate of drug-likeness (QED) is 0.668. The van der Waals surface area contributed by atoms with Gasteiger partial charge >= 0.3 is 0 Å². The van der Waals surface area contributed by atoms with Crippen LogP contribution in [0.25, 0.3) is 0 Å². The summed E-state index contributed by atoms with van der Waals surface area (Å²) in [6, 6.07) is 9.83. The van der Waals surface area contributed by atoms with Crippen LogP contribution < -0.4 is 10.8 Å². The molecule has 0 spiro atoms. The molecule has 0 heterocycles. The lowest BCUT2D eigenvalue weighted by Gasteiger charge is -2.21. The Balaban J connectivity index is 2.46. The number of hydrogen-bond donors (Lipinski definition) is 2. The number of rotatable bonds is 5. The summed E-state index contributed by atoms with van der Waals surface area (Å²) in [5.74, 6) is 4.87. The Labute approximate surface area is 83.9 Å². The molecule has 4 nitrogen and oxygen atoms in total. The first kappa shape index (κ1) is 11.0. The van der Waals surface area contributed by atoms with Gasteiger partial charge in [0, 0.05) is 19.3 Å². The van der Waals surface area contributed by atoms with Crippen molar-refractivity contribution in [2.24, 2.45) is 5.90 Å². The first-order valence-corrected chi connectivity index (χ1v) is 4.50. The van der Waals surface area contributed by atoms with Crippen molar-refractivity contribution in [2.75, 3.05) is 25.1 Å². The van der Waals surface area contributed by atoms with Crippen LogP contribution >= 0.6 is 0 Å². The zero-order valence-corrected chi connectivity index (χ0v) is 8.26. The van der Waals surface area contributed by atoms with Crippen molar-refractivity contribution in [3.8, 4) is 0 Å². The van der Waals surface area contributed by atoms with E-state index >= 15 is 0 Å². The Kier molecular flexibility index (Phi) is 4.39. The molecule has 1 aromatic carbocycles. The zero-order chi connectivity index (χ0) is 10.4. The number of nitrogens with two attached hydrogens (primary N) is 1. The van der Waals surface area contributed by atoms with Gasteiger partial charge in [-0.3, -0.25) is 0 Å². The lowest BCUT2D eigenvalue weighted by molar-refractivity contribution is 0.0408. The summed E-state index contributed by atoms with van der Waals surface area (Å²) in [6.45, 7) is 0.651. The summed E-state index contributed by atoms with van der Waals surface area (Å²) >= 11 is 0. The molecule has 78 valence electrons. The molecular formula is C10H16N2O2. The molecular weight excluding hydrogens is 180 g/mol. The molecule has 0 aliphatic rings. The maximum atomic E-state index is 9.43. The maximum Gasteiger partial charge on any atom is 0.0967 e. The van der Waals surface area contributed by atoms with Crippen molar-refractivity contribution in [1.29, 1.82) is 0 Å². The van der Waals surface area contributed by atoms with E-state index in [4.69, 9.17) is 5.90 Å². The van der Waals surface area contributed by atoms with Crippen LogP contribution in [0.5, 0.6) is 0 Å².